The van der Waals surface area contributed by atoms with Crippen molar-refractivity contribution in [3.8, 4) is 0 Å². The van der Waals surface area contributed by atoms with Crippen molar-refractivity contribution in [2.45, 2.75) is 58.3 Å². The number of hydrogen-bond acceptors (Lipinski definition) is 5. The first-order valence-corrected chi connectivity index (χ1v) is 10.3. The monoisotopic (exact) mass is 386 g/mol. The number of aliphatic carboxylic acids is 1. The van der Waals surface area contributed by atoms with E-state index in [9.17, 15) is 14.7 Å². The summed E-state index contributed by atoms with van der Waals surface area (Å²) in [6.45, 7) is 4.32. The van der Waals surface area contributed by atoms with Crippen molar-refractivity contribution in [2.75, 3.05) is 6.54 Å². The fraction of sp³-hybridized carbons (Fsp3) is 0.737. The van der Waals surface area contributed by atoms with Gasteiger partial charge in [-0.15, -0.1) is 11.3 Å². The van der Waals surface area contributed by atoms with E-state index in [4.69, 9.17) is 4.98 Å². The number of carbonyl (C=O) groups is 2. The van der Waals surface area contributed by atoms with Crippen molar-refractivity contribution < 1.29 is 44.3 Å². The number of rotatable bonds is 6. The molecule has 0 radical (unpaired) electrons. The minimum Gasteiger partial charge on any atom is -0.550 e. The number of nitrogens with zero attached hydrogens (tertiary/aromatic N) is 1. The number of nitrogens with one attached hydrogen (secondary N) is 1. The van der Waals surface area contributed by atoms with E-state index in [0.717, 1.165) is 5.01 Å². The van der Waals surface area contributed by atoms with E-state index in [-0.39, 0.29) is 47.3 Å². The Morgan fingerprint density at radius 1 is 1.19 bits per heavy atom. The summed E-state index contributed by atoms with van der Waals surface area (Å²) in [6.07, 6.45) is 7.11. The maximum absolute atomic E-state index is 12.3. The predicted octanol–water partition coefficient (Wildman–Crippen LogP) is -0.878. The van der Waals surface area contributed by atoms with Crippen LogP contribution in [-0.2, 0) is 16.0 Å². The van der Waals surface area contributed by atoms with Gasteiger partial charge in [0.05, 0.1) is 10.7 Å². The molecule has 7 heteroatoms. The number of amides is 1. The van der Waals surface area contributed by atoms with Crippen LogP contribution in [0.25, 0.3) is 0 Å². The largest absolute Gasteiger partial charge is 1.00 e. The van der Waals surface area contributed by atoms with Crippen LogP contribution in [0.3, 0.4) is 0 Å². The van der Waals surface area contributed by atoms with Gasteiger partial charge < -0.3 is 15.2 Å². The molecule has 1 heterocycles. The molecule has 2 saturated carbocycles. The van der Waals surface area contributed by atoms with Crippen LogP contribution < -0.4 is 40.0 Å². The van der Waals surface area contributed by atoms with Crippen LogP contribution >= 0.6 is 11.3 Å². The maximum atomic E-state index is 12.3. The van der Waals surface area contributed by atoms with E-state index in [1.807, 2.05) is 13.8 Å². The van der Waals surface area contributed by atoms with E-state index in [0.29, 0.717) is 18.9 Å². The van der Waals surface area contributed by atoms with Crippen molar-refractivity contribution >= 4 is 23.2 Å². The summed E-state index contributed by atoms with van der Waals surface area (Å²) in [5.74, 6) is -1.71. The molecular weight excluding hydrogens is 359 g/mol. The number of hydrogen-bond donors (Lipinski definition) is 1. The zero-order valence-electron chi connectivity index (χ0n) is 16.0. The van der Waals surface area contributed by atoms with Crippen molar-refractivity contribution in [1.29, 1.82) is 0 Å². The minimum atomic E-state index is -1.11. The summed E-state index contributed by atoms with van der Waals surface area (Å²) in [4.78, 5) is 28.3. The molecule has 0 spiro atoms. The number of thiazole rings is 1. The molecule has 5 nitrogen and oxygen atoms in total. The molecule has 1 aromatic rings. The molecule has 0 bridgehead atoms. The Bertz CT molecular complexity index is 630. The van der Waals surface area contributed by atoms with Gasteiger partial charge in [0.15, 0.2) is 0 Å². The molecule has 138 valence electrons. The van der Waals surface area contributed by atoms with Crippen LogP contribution in [0.5, 0.6) is 0 Å². The SMILES string of the molecule is CC1C(C)[C@H](C(=O)NCCc2nc(C3CCCCC3)cs2)[C@@H]1C(=O)[O-].[Na+]. The molecule has 2 fully saturated rings. The fourth-order valence-corrected chi connectivity index (χ4v) is 5.24. The summed E-state index contributed by atoms with van der Waals surface area (Å²) < 4.78 is 0. The average Bonchev–Trinajstić information content (AvgIpc) is 3.07. The third kappa shape index (κ3) is 4.70. The number of carboxylic acid groups (broad SMARTS) is 1. The molecule has 2 unspecified atom stereocenters. The molecule has 1 amide bonds. The second-order valence-electron chi connectivity index (χ2n) is 7.63. The molecule has 1 N–H and O–H groups in total. The van der Waals surface area contributed by atoms with E-state index in [2.05, 4.69) is 10.7 Å². The van der Waals surface area contributed by atoms with Crippen molar-refractivity contribution in [3.05, 3.63) is 16.1 Å². The Morgan fingerprint density at radius 3 is 2.50 bits per heavy atom. The van der Waals surface area contributed by atoms with Crippen LogP contribution in [0.15, 0.2) is 5.38 Å². The molecule has 2 aliphatic rings. The zero-order chi connectivity index (χ0) is 18.0. The van der Waals surface area contributed by atoms with Crippen molar-refractivity contribution in [1.82, 2.24) is 10.3 Å². The standard InChI is InChI=1S/C19H28N2O3S.Na/c1-11-12(2)17(19(23)24)16(11)18(22)20-9-8-15-21-14(10-25-15)13-6-4-3-5-7-13;/h10-13,16-17H,3-9H2,1-2H3,(H,20,22)(H,23,24);/q;+1/p-1/t11?,12?,16-,17+;/m0./s1. The summed E-state index contributed by atoms with van der Waals surface area (Å²) in [5, 5.41) is 17.3. The Kier molecular flexibility index (Phi) is 8.13. The molecule has 0 aliphatic heterocycles. The Labute approximate surface area is 181 Å². The summed E-state index contributed by atoms with van der Waals surface area (Å²) in [5.41, 5.74) is 1.21. The fourth-order valence-electron chi connectivity index (χ4n) is 4.36. The van der Waals surface area contributed by atoms with Crippen LogP contribution in [0.4, 0.5) is 0 Å². The molecule has 1 aromatic heterocycles. The molecule has 26 heavy (non-hydrogen) atoms. The normalized spacial score (nSPS) is 28.7. The van der Waals surface area contributed by atoms with Gasteiger partial charge in [0.25, 0.3) is 0 Å². The molecular formula is C19H27N2NaO3S. The molecule has 0 aromatic carbocycles. The van der Waals surface area contributed by atoms with Crippen LogP contribution in [0, 0.1) is 23.7 Å². The Hall–Kier alpha value is -0.430. The molecule has 4 atom stereocenters. The van der Waals surface area contributed by atoms with Gasteiger partial charge in [-0.1, -0.05) is 33.1 Å². The van der Waals surface area contributed by atoms with E-state index in [1.165, 1.54) is 37.8 Å². The third-order valence-electron chi connectivity index (χ3n) is 6.16. The molecule has 0 saturated heterocycles. The van der Waals surface area contributed by atoms with Gasteiger partial charge in [0.1, 0.15) is 0 Å². The first-order chi connectivity index (χ1) is 12.0. The summed E-state index contributed by atoms with van der Waals surface area (Å²) >= 11 is 1.66. The second-order valence-corrected chi connectivity index (χ2v) is 8.57. The van der Waals surface area contributed by atoms with Gasteiger partial charge >= 0.3 is 29.6 Å². The Morgan fingerprint density at radius 2 is 1.85 bits per heavy atom. The van der Waals surface area contributed by atoms with E-state index in [1.54, 1.807) is 11.3 Å². The van der Waals surface area contributed by atoms with Gasteiger partial charge in [-0.3, -0.25) is 4.79 Å². The van der Waals surface area contributed by atoms with Gasteiger partial charge in [0, 0.05) is 42.1 Å². The minimum absolute atomic E-state index is 0. The van der Waals surface area contributed by atoms with Gasteiger partial charge in [-0.25, -0.2) is 4.98 Å². The Balaban J connectivity index is 0.00000243. The number of carbonyl (C=O) groups excluding carboxylic acids is 2. The first kappa shape index (κ1) is 21.9. The van der Waals surface area contributed by atoms with E-state index < -0.39 is 17.8 Å². The van der Waals surface area contributed by atoms with Gasteiger partial charge in [-0.2, -0.15) is 0 Å². The third-order valence-corrected chi connectivity index (χ3v) is 7.08. The number of carboxylic acids is 1. The zero-order valence-corrected chi connectivity index (χ0v) is 18.8. The first-order valence-electron chi connectivity index (χ1n) is 9.42. The van der Waals surface area contributed by atoms with Crippen LogP contribution in [0.2, 0.25) is 0 Å². The van der Waals surface area contributed by atoms with Gasteiger partial charge in [0.2, 0.25) is 5.91 Å². The van der Waals surface area contributed by atoms with Crippen LogP contribution in [-0.4, -0.2) is 23.4 Å². The van der Waals surface area contributed by atoms with Crippen LogP contribution in [0.1, 0.15) is 62.6 Å². The molecule has 3 rings (SSSR count). The van der Waals surface area contributed by atoms with E-state index >= 15 is 0 Å². The van der Waals surface area contributed by atoms with Crippen molar-refractivity contribution in [2.24, 2.45) is 23.7 Å². The summed E-state index contributed by atoms with van der Waals surface area (Å²) in [7, 11) is 0. The maximum Gasteiger partial charge on any atom is 1.00 e. The second kappa shape index (κ2) is 9.67. The van der Waals surface area contributed by atoms with Gasteiger partial charge in [-0.05, 0) is 24.7 Å². The quantitative estimate of drug-likeness (QED) is 0.644. The summed E-state index contributed by atoms with van der Waals surface area (Å²) in [6, 6.07) is 0. The number of aromatic nitrogens is 1. The smallest absolute Gasteiger partial charge is 0.550 e. The topological polar surface area (TPSA) is 82.1 Å². The predicted molar refractivity (Wildman–Crippen MR) is 95.0 cm³/mol. The van der Waals surface area contributed by atoms with Crippen molar-refractivity contribution in [3.63, 3.8) is 0 Å². The average molecular weight is 386 g/mol. The molecule has 2 aliphatic carbocycles.